The fourth-order valence-electron chi connectivity index (χ4n) is 2.45. The second-order valence-corrected chi connectivity index (χ2v) is 4.40. The highest BCUT2D eigenvalue weighted by Crippen LogP contribution is 2.42. The summed E-state index contributed by atoms with van der Waals surface area (Å²) in [6.07, 6.45) is 1.20. The van der Waals surface area contributed by atoms with Gasteiger partial charge in [-0.1, -0.05) is 37.3 Å². The number of hydrogen-bond acceptors (Lipinski definition) is 2. The Labute approximate surface area is 91.3 Å². The Morgan fingerprint density at radius 2 is 2.07 bits per heavy atom. The molecular weight excluding hydrogens is 186 g/mol. The van der Waals surface area contributed by atoms with E-state index < -0.39 is 0 Å². The molecule has 1 aromatic carbocycles. The van der Waals surface area contributed by atoms with E-state index in [0.717, 1.165) is 6.54 Å². The van der Waals surface area contributed by atoms with Gasteiger partial charge in [0.25, 0.3) is 0 Å². The third kappa shape index (κ3) is 2.21. The molecule has 3 atom stereocenters. The maximum absolute atomic E-state index is 8.74. The molecule has 2 rings (SSSR count). The third-order valence-corrected chi connectivity index (χ3v) is 3.52. The van der Waals surface area contributed by atoms with Gasteiger partial charge in [-0.05, 0) is 23.8 Å². The monoisotopic (exact) mass is 205 g/mol. The van der Waals surface area contributed by atoms with Crippen LogP contribution in [0.3, 0.4) is 0 Å². The summed E-state index contributed by atoms with van der Waals surface area (Å²) < 4.78 is 0. The van der Waals surface area contributed by atoms with Crippen molar-refractivity contribution in [2.24, 2.45) is 5.92 Å². The van der Waals surface area contributed by atoms with Crippen molar-refractivity contribution in [1.29, 1.82) is 0 Å². The van der Waals surface area contributed by atoms with Crippen molar-refractivity contribution in [2.75, 3.05) is 13.2 Å². The summed E-state index contributed by atoms with van der Waals surface area (Å²) in [7, 11) is 0. The molecule has 0 amide bonds. The van der Waals surface area contributed by atoms with E-state index in [0.29, 0.717) is 17.9 Å². The highest BCUT2D eigenvalue weighted by molar-refractivity contribution is 5.24. The second-order valence-electron chi connectivity index (χ2n) is 4.40. The van der Waals surface area contributed by atoms with E-state index in [1.807, 2.05) is 0 Å². The van der Waals surface area contributed by atoms with Crippen LogP contribution in [0.15, 0.2) is 30.3 Å². The van der Waals surface area contributed by atoms with Crippen LogP contribution in [-0.2, 0) is 0 Å². The summed E-state index contributed by atoms with van der Waals surface area (Å²) in [5, 5.41) is 12.1. The predicted octanol–water partition coefficient (Wildman–Crippen LogP) is 1.76. The molecule has 2 nitrogen and oxygen atoms in total. The van der Waals surface area contributed by atoms with Crippen LogP contribution in [0.5, 0.6) is 0 Å². The van der Waals surface area contributed by atoms with Crippen molar-refractivity contribution >= 4 is 0 Å². The first-order valence-electron chi connectivity index (χ1n) is 5.72. The standard InChI is InChI=1S/C13H19NO/c1-10-12(9-13(10)14-7-8-15)11-5-3-2-4-6-11/h2-6,10,12-15H,7-9H2,1H3/t10-,12+,13+/m0/s1. The smallest absolute Gasteiger partial charge is 0.0556 e. The van der Waals surface area contributed by atoms with E-state index in [9.17, 15) is 0 Å². The number of aliphatic hydroxyl groups is 1. The number of aliphatic hydroxyl groups excluding tert-OH is 1. The van der Waals surface area contributed by atoms with E-state index in [1.165, 1.54) is 12.0 Å². The SMILES string of the molecule is C[C@@H]1[C@H](NCCO)C[C@H]1c1ccccc1. The van der Waals surface area contributed by atoms with Gasteiger partial charge in [0.2, 0.25) is 0 Å². The summed E-state index contributed by atoms with van der Waals surface area (Å²) in [6.45, 7) is 3.24. The van der Waals surface area contributed by atoms with Gasteiger partial charge < -0.3 is 10.4 Å². The molecule has 1 saturated carbocycles. The van der Waals surface area contributed by atoms with Gasteiger partial charge >= 0.3 is 0 Å². The highest BCUT2D eigenvalue weighted by atomic mass is 16.3. The fourth-order valence-corrected chi connectivity index (χ4v) is 2.45. The molecular formula is C13H19NO. The number of benzene rings is 1. The molecule has 0 radical (unpaired) electrons. The van der Waals surface area contributed by atoms with Crippen molar-refractivity contribution in [1.82, 2.24) is 5.32 Å². The number of hydrogen-bond donors (Lipinski definition) is 2. The van der Waals surface area contributed by atoms with Crippen molar-refractivity contribution < 1.29 is 5.11 Å². The van der Waals surface area contributed by atoms with Crippen LogP contribution in [0.1, 0.15) is 24.8 Å². The minimum Gasteiger partial charge on any atom is -0.395 e. The van der Waals surface area contributed by atoms with Crippen LogP contribution in [-0.4, -0.2) is 24.3 Å². The molecule has 0 saturated heterocycles. The average molecular weight is 205 g/mol. The number of nitrogens with one attached hydrogen (secondary N) is 1. The topological polar surface area (TPSA) is 32.3 Å². The molecule has 1 fully saturated rings. The first-order valence-corrected chi connectivity index (χ1v) is 5.72. The maximum atomic E-state index is 8.74. The highest BCUT2D eigenvalue weighted by Gasteiger charge is 2.37. The summed E-state index contributed by atoms with van der Waals surface area (Å²) in [5.74, 6) is 1.38. The van der Waals surface area contributed by atoms with E-state index in [4.69, 9.17) is 5.11 Å². The van der Waals surface area contributed by atoms with Crippen LogP contribution in [0.2, 0.25) is 0 Å². The molecule has 82 valence electrons. The zero-order valence-electron chi connectivity index (χ0n) is 9.19. The maximum Gasteiger partial charge on any atom is 0.0556 e. The Hall–Kier alpha value is -0.860. The summed E-state index contributed by atoms with van der Waals surface area (Å²) >= 11 is 0. The molecule has 2 heteroatoms. The van der Waals surface area contributed by atoms with Crippen molar-refractivity contribution in [3.8, 4) is 0 Å². The molecule has 1 aliphatic carbocycles. The molecule has 0 bridgehead atoms. The molecule has 1 aliphatic rings. The second kappa shape index (κ2) is 4.77. The molecule has 0 spiro atoms. The van der Waals surface area contributed by atoms with E-state index in [-0.39, 0.29) is 6.61 Å². The Balaban J connectivity index is 1.89. The van der Waals surface area contributed by atoms with E-state index >= 15 is 0 Å². The Morgan fingerprint density at radius 1 is 1.33 bits per heavy atom. The normalized spacial score (nSPS) is 29.9. The Morgan fingerprint density at radius 3 is 2.67 bits per heavy atom. The minimum atomic E-state index is 0.235. The van der Waals surface area contributed by atoms with Crippen LogP contribution >= 0.6 is 0 Å². The van der Waals surface area contributed by atoms with Gasteiger partial charge in [0.1, 0.15) is 0 Å². The van der Waals surface area contributed by atoms with Crippen LogP contribution in [0.4, 0.5) is 0 Å². The van der Waals surface area contributed by atoms with Crippen molar-refractivity contribution in [3.05, 3.63) is 35.9 Å². The molecule has 0 aliphatic heterocycles. The van der Waals surface area contributed by atoms with Crippen LogP contribution in [0.25, 0.3) is 0 Å². The van der Waals surface area contributed by atoms with Gasteiger partial charge in [-0.25, -0.2) is 0 Å². The summed E-state index contributed by atoms with van der Waals surface area (Å²) in [5.41, 5.74) is 1.45. The molecule has 0 heterocycles. The third-order valence-electron chi connectivity index (χ3n) is 3.52. The lowest BCUT2D eigenvalue weighted by Crippen LogP contribution is -2.48. The Bertz CT molecular complexity index is 299. The van der Waals surface area contributed by atoms with Gasteiger partial charge in [0, 0.05) is 12.6 Å². The minimum absolute atomic E-state index is 0.235. The van der Waals surface area contributed by atoms with Gasteiger partial charge in [-0.3, -0.25) is 0 Å². The lowest BCUT2D eigenvalue weighted by molar-refractivity contribution is 0.171. The summed E-state index contributed by atoms with van der Waals surface area (Å²) in [4.78, 5) is 0. The zero-order chi connectivity index (χ0) is 10.7. The van der Waals surface area contributed by atoms with E-state index in [1.54, 1.807) is 0 Å². The molecule has 1 aromatic rings. The molecule has 15 heavy (non-hydrogen) atoms. The molecule has 2 N–H and O–H groups in total. The lowest BCUT2D eigenvalue weighted by atomic mass is 9.67. The van der Waals surface area contributed by atoms with Gasteiger partial charge in [-0.2, -0.15) is 0 Å². The van der Waals surface area contributed by atoms with Crippen molar-refractivity contribution in [3.63, 3.8) is 0 Å². The zero-order valence-corrected chi connectivity index (χ0v) is 9.19. The largest absolute Gasteiger partial charge is 0.395 e. The quantitative estimate of drug-likeness (QED) is 0.785. The first-order chi connectivity index (χ1) is 7.33. The lowest BCUT2D eigenvalue weighted by Gasteiger charge is -2.43. The van der Waals surface area contributed by atoms with Gasteiger partial charge in [0.15, 0.2) is 0 Å². The summed E-state index contributed by atoms with van der Waals surface area (Å²) in [6, 6.07) is 11.3. The van der Waals surface area contributed by atoms with Gasteiger partial charge in [0.05, 0.1) is 6.61 Å². The van der Waals surface area contributed by atoms with Gasteiger partial charge in [-0.15, -0.1) is 0 Å². The first kappa shape index (κ1) is 10.7. The van der Waals surface area contributed by atoms with Crippen LogP contribution in [0, 0.1) is 5.92 Å². The number of rotatable bonds is 4. The molecule has 0 aromatic heterocycles. The predicted molar refractivity (Wildman–Crippen MR) is 61.8 cm³/mol. The fraction of sp³-hybridized carbons (Fsp3) is 0.538. The molecule has 0 unspecified atom stereocenters. The Kier molecular flexibility index (Phi) is 3.39. The van der Waals surface area contributed by atoms with Crippen LogP contribution < -0.4 is 5.32 Å². The van der Waals surface area contributed by atoms with Crippen molar-refractivity contribution in [2.45, 2.75) is 25.3 Å². The average Bonchev–Trinajstić information content (AvgIpc) is 2.29. The van der Waals surface area contributed by atoms with E-state index in [2.05, 4.69) is 42.6 Å².